The Balaban J connectivity index is 1.65. The zero-order valence-corrected chi connectivity index (χ0v) is 25.1. The van der Waals surface area contributed by atoms with E-state index in [1.807, 2.05) is 25.1 Å². The van der Waals surface area contributed by atoms with Gasteiger partial charge in [-0.25, -0.2) is 4.98 Å². The third kappa shape index (κ3) is 3.82. The molecule has 0 aliphatic rings. The summed E-state index contributed by atoms with van der Waals surface area (Å²) in [4.78, 5) is 4.37. The van der Waals surface area contributed by atoms with Gasteiger partial charge in [-0.2, -0.15) is 13.2 Å². The van der Waals surface area contributed by atoms with Crippen LogP contribution >= 0.6 is 69.6 Å². The number of halogens is 9. The molecule has 0 aliphatic heterocycles. The zero-order valence-electron chi connectivity index (χ0n) is 20.5. The summed E-state index contributed by atoms with van der Waals surface area (Å²) < 4.78 is 41.0. The number of nitrogens with zero attached hydrogens (tertiary/aromatic N) is 1. The van der Waals surface area contributed by atoms with Crippen LogP contribution in [-0.2, 0) is 6.18 Å². The Labute approximate surface area is 260 Å². The molecule has 0 fully saturated rings. The minimum absolute atomic E-state index is 0.115. The van der Waals surface area contributed by atoms with Crippen molar-refractivity contribution in [2.45, 2.75) is 13.1 Å². The summed E-state index contributed by atoms with van der Waals surface area (Å²) in [6.45, 7) is 1.85. The predicted octanol–water partition coefficient (Wildman–Crippen LogP) is 13.2. The van der Waals surface area contributed by atoms with Gasteiger partial charge in [0.25, 0.3) is 0 Å². The number of rotatable bonds is 1. The quantitative estimate of drug-likeness (QED) is 0.0964. The highest BCUT2D eigenvalue weighted by atomic mass is 35.5. The molecule has 0 saturated heterocycles. The Hall–Kier alpha value is -2.44. The Morgan fingerprint density at radius 1 is 0.610 bits per heavy atom. The van der Waals surface area contributed by atoms with Gasteiger partial charge >= 0.3 is 6.18 Å². The van der Waals surface area contributed by atoms with Crippen LogP contribution in [0.3, 0.4) is 0 Å². The minimum atomic E-state index is -4.53. The highest BCUT2D eigenvalue weighted by molar-refractivity contribution is 6.58. The van der Waals surface area contributed by atoms with E-state index in [9.17, 15) is 13.2 Å². The number of aryl methyl sites for hydroxylation is 1. The number of alkyl halides is 3. The van der Waals surface area contributed by atoms with Crippen molar-refractivity contribution in [3.63, 3.8) is 0 Å². The standard InChI is InChI=1S/C31H12Cl6F3N/c1-11-19-20(12-5-8-18-14(9-12)10-13-3-2-4-17(30(13)41-18)31(38,39)40)27(35)23-22-16(26(34)29(37)28(23)36)7-6-15(21(19)22)25(33)24(11)32/h2-10H,1H3. The van der Waals surface area contributed by atoms with Gasteiger partial charge in [-0.3, -0.25) is 0 Å². The van der Waals surface area contributed by atoms with Gasteiger partial charge in [0.05, 0.1) is 46.7 Å². The summed E-state index contributed by atoms with van der Waals surface area (Å²) in [5.74, 6) is 0. The molecule has 0 bridgehead atoms. The van der Waals surface area contributed by atoms with Crippen LogP contribution in [0.25, 0.3) is 65.3 Å². The molecule has 0 radical (unpaired) electrons. The van der Waals surface area contributed by atoms with Crippen LogP contribution in [-0.4, -0.2) is 4.98 Å². The highest BCUT2D eigenvalue weighted by Crippen LogP contribution is 2.55. The zero-order chi connectivity index (χ0) is 29.1. The van der Waals surface area contributed by atoms with E-state index < -0.39 is 11.7 Å². The van der Waals surface area contributed by atoms with Crippen molar-refractivity contribution in [1.29, 1.82) is 0 Å². The second-order valence-corrected chi connectivity index (χ2v) is 12.1. The number of pyridine rings is 1. The molecule has 0 unspecified atom stereocenters. The monoisotopic (exact) mass is 665 g/mol. The van der Waals surface area contributed by atoms with Crippen molar-refractivity contribution in [3.05, 3.63) is 95.9 Å². The van der Waals surface area contributed by atoms with E-state index >= 15 is 0 Å². The maximum absolute atomic E-state index is 13.7. The largest absolute Gasteiger partial charge is 0.418 e. The fraction of sp³-hybridized carbons (Fsp3) is 0.0645. The maximum Gasteiger partial charge on any atom is 0.418 e. The van der Waals surface area contributed by atoms with Gasteiger partial charge in [0.15, 0.2) is 0 Å². The molecular formula is C31H12Cl6F3N. The highest BCUT2D eigenvalue weighted by Gasteiger charge is 2.33. The van der Waals surface area contributed by atoms with E-state index in [4.69, 9.17) is 69.6 Å². The fourth-order valence-corrected chi connectivity index (χ4v) is 7.49. The van der Waals surface area contributed by atoms with E-state index in [2.05, 4.69) is 4.98 Å². The number of benzene rings is 6. The molecular weight excluding hydrogens is 656 g/mol. The second-order valence-electron chi connectivity index (χ2n) is 9.82. The summed E-state index contributed by atoms with van der Waals surface area (Å²) in [5, 5.41) is 6.82. The van der Waals surface area contributed by atoms with Crippen LogP contribution in [0, 0.1) is 6.92 Å². The lowest BCUT2D eigenvalue weighted by Gasteiger charge is -2.22. The predicted molar refractivity (Wildman–Crippen MR) is 168 cm³/mol. The van der Waals surface area contributed by atoms with Crippen LogP contribution in [0.15, 0.2) is 54.6 Å². The van der Waals surface area contributed by atoms with E-state index in [1.165, 1.54) is 6.07 Å². The number of hydrogen-bond acceptors (Lipinski definition) is 1. The molecule has 6 aromatic carbocycles. The van der Waals surface area contributed by atoms with E-state index in [0.29, 0.717) is 74.6 Å². The first-order valence-corrected chi connectivity index (χ1v) is 14.4. The first-order valence-electron chi connectivity index (χ1n) is 12.1. The normalized spacial score (nSPS) is 12.6. The third-order valence-corrected chi connectivity index (χ3v) is 10.3. The molecule has 7 aromatic rings. The fourth-order valence-electron chi connectivity index (χ4n) is 5.77. The van der Waals surface area contributed by atoms with Gasteiger partial charge in [-0.05, 0) is 47.7 Å². The molecule has 10 heteroatoms. The van der Waals surface area contributed by atoms with Gasteiger partial charge < -0.3 is 0 Å². The number of fused-ring (bicyclic) bond motifs is 2. The molecule has 0 aliphatic carbocycles. The van der Waals surface area contributed by atoms with Crippen LogP contribution in [0.1, 0.15) is 11.1 Å². The molecule has 1 aromatic heterocycles. The van der Waals surface area contributed by atoms with Crippen LogP contribution in [0.5, 0.6) is 0 Å². The van der Waals surface area contributed by atoms with Crippen molar-refractivity contribution < 1.29 is 13.2 Å². The molecule has 7 rings (SSSR count). The van der Waals surface area contributed by atoms with Gasteiger partial charge in [0.1, 0.15) is 0 Å². The van der Waals surface area contributed by atoms with Crippen LogP contribution in [0.2, 0.25) is 30.1 Å². The van der Waals surface area contributed by atoms with Crippen molar-refractivity contribution in [2.24, 2.45) is 0 Å². The Kier molecular flexibility index (Phi) is 6.20. The molecule has 0 saturated carbocycles. The summed E-state index contributed by atoms with van der Waals surface area (Å²) in [6, 6.07) is 14.6. The summed E-state index contributed by atoms with van der Waals surface area (Å²) in [5.41, 5.74) is 1.50. The Bertz CT molecular complexity index is 2280. The smallest absolute Gasteiger partial charge is 0.247 e. The minimum Gasteiger partial charge on any atom is -0.247 e. The average Bonchev–Trinajstić information content (AvgIpc) is 2.94. The van der Waals surface area contributed by atoms with Crippen LogP contribution < -0.4 is 0 Å². The van der Waals surface area contributed by atoms with Crippen molar-refractivity contribution in [2.75, 3.05) is 0 Å². The lowest BCUT2D eigenvalue weighted by atomic mass is 9.86. The van der Waals surface area contributed by atoms with Crippen molar-refractivity contribution in [1.82, 2.24) is 4.98 Å². The van der Waals surface area contributed by atoms with Gasteiger partial charge in [0, 0.05) is 43.3 Å². The average molecular weight is 668 g/mol. The van der Waals surface area contributed by atoms with Crippen LogP contribution in [0.4, 0.5) is 13.2 Å². The lowest BCUT2D eigenvalue weighted by Crippen LogP contribution is -2.06. The molecule has 0 spiro atoms. The summed E-state index contributed by atoms with van der Waals surface area (Å²) in [7, 11) is 0. The molecule has 1 nitrogen and oxygen atoms in total. The molecule has 0 atom stereocenters. The van der Waals surface area contributed by atoms with Gasteiger partial charge in [-0.15, -0.1) is 0 Å². The lowest BCUT2D eigenvalue weighted by molar-refractivity contribution is -0.136. The molecule has 1 heterocycles. The first kappa shape index (κ1) is 27.4. The third-order valence-electron chi connectivity index (χ3n) is 7.60. The Morgan fingerprint density at radius 3 is 1.95 bits per heavy atom. The molecule has 41 heavy (non-hydrogen) atoms. The van der Waals surface area contributed by atoms with Gasteiger partial charge in [-0.1, -0.05) is 99.9 Å². The molecule has 0 N–H and O–H groups in total. The first-order chi connectivity index (χ1) is 19.4. The van der Waals surface area contributed by atoms with E-state index in [1.54, 1.807) is 24.3 Å². The maximum atomic E-state index is 13.7. The number of para-hydroxylation sites is 1. The number of hydrogen-bond donors (Lipinski definition) is 0. The van der Waals surface area contributed by atoms with E-state index in [0.717, 1.165) is 16.8 Å². The van der Waals surface area contributed by atoms with Crippen molar-refractivity contribution in [3.8, 4) is 11.1 Å². The van der Waals surface area contributed by atoms with Gasteiger partial charge in [0.2, 0.25) is 0 Å². The number of aromatic nitrogens is 1. The molecule has 204 valence electrons. The van der Waals surface area contributed by atoms with Crippen molar-refractivity contribution >= 4 is 124 Å². The second kappa shape index (κ2) is 9.28. The summed E-state index contributed by atoms with van der Waals surface area (Å²) in [6.07, 6.45) is -4.53. The van der Waals surface area contributed by atoms with E-state index in [-0.39, 0.29) is 15.6 Å². The topological polar surface area (TPSA) is 12.9 Å². The SMILES string of the molecule is Cc1c(Cl)c(Cl)c2ccc3c(Cl)c(Cl)c(Cl)c4c(Cl)c(-c5ccc6nc7c(C(F)(F)F)cccc7cc6c5)c1c2c34. The Morgan fingerprint density at radius 2 is 1.27 bits per heavy atom. The summed E-state index contributed by atoms with van der Waals surface area (Å²) >= 11 is 40.6. The molecule has 0 amide bonds.